The fourth-order valence-electron chi connectivity index (χ4n) is 1.81. The van der Waals surface area contributed by atoms with Crippen LogP contribution in [0.2, 0.25) is 5.02 Å². The van der Waals surface area contributed by atoms with E-state index in [1.807, 2.05) is 27.7 Å². The molecule has 2 N–H and O–H groups in total. The summed E-state index contributed by atoms with van der Waals surface area (Å²) in [5.74, 6) is 0.304. The van der Waals surface area contributed by atoms with Gasteiger partial charge in [0.1, 0.15) is 11.5 Å². The number of halogens is 1. The van der Waals surface area contributed by atoms with E-state index < -0.39 is 5.54 Å². The second-order valence-corrected chi connectivity index (χ2v) is 5.59. The lowest BCUT2D eigenvalue weighted by Crippen LogP contribution is -2.50. The Balaban J connectivity index is 3.05. The highest BCUT2D eigenvalue weighted by Gasteiger charge is 2.29. The molecule has 0 saturated heterocycles. The molecule has 0 bridgehead atoms. The van der Waals surface area contributed by atoms with Gasteiger partial charge >= 0.3 is 0 Å². The maximum Gasteiger partial charge on any atom is 0.272 e. The van der Waals surface area contributed by atoms with Crippen LogP contribution in [0.3, 0.4) is 0 Å². The minimum absolute atomic E-state index is 0.110. The first-order valence-electron chi connectivity index (χ1n) is 6.85. The molecule has 0 radical (unpaired) electrons. The summed E-state index contributed by atoms with van der Waals surface area (Å²) in [7, 11) is 0. The minimum atomic E-state index is -0.636. The largest absolute Gasteiger partial charge is 0.394 e. The number of carbonyl (C=O) groups is 1. The molecular formula is C14H22ClN3O2. The molecule has 1 aromatic rings. The highest BCUT2D eigenvalue weighted by Crippen LogP contribution is 2.19. The van der Waals surface area contributed by atoms with E-state index in [2.05, 4.69) is 15.3 Å². The summed E-state index contributed by atoms with van der Waals surface area (Å²) < 4.78 is 0. The molecule has 0 aromatic carbocycles. The molecule has 6 heteroatoms. The maximum absolute atomic E-state index is 12.3. The maximum atomic E-state index is 12.3. The third kappa shape index (κ3) is 3.67. The van der Waals surface area contributed by atoms with Gasteiger partial charge in [-0.05, 0) is 12.8 Å². The van der Waals surface area contributed by atoms with Crippen LogP contribution in [0.5, 0.6) is 0 Å². The first-order chi connectivity index (χ1) is 9.39. The first-order valence-corrected chi connectivity index (χ1v) is 7.22. The van der Waals surface area contributed by atoms with Crippen molar-refractivity contribution in [3.63, 3.8) is 0 Å². The number of aromatic nitrogens is 2. The van der Waals surface area contributed by atoms with Crippen molar-refractivity contribution >= 4 is 17.5 Å². The van der Waals surface area contributed by atoms with Gasteiger partial charge in [0.05, 0.1) is 23.4 Å². The fraction of sp³-hybridized carbons (Fsp3) is 0.643. The van der Waals surface area contributed by atoms with Gasteiger partial charge in [0.15, 0.2) is 0 Å². The van der Waals surface area contributed by atoms with Crippen LogP contribution < -0.4 is 5.32 Å². The Morgan fingerprint density at radius 3 is 2.50 bits per heavy atom. The van der Waals surface area contributed by atoms with Gasteiger partial charge in [-0.3, -0.25) is 4.79 Å². The summed E-state index contributed by atoms with van der Waals surface area (Å²) in [5.41, 5.74) is -0.478. The zero-order valence-electron chi connectivity index (χ0n) is 12.4. The third-order valence-corrected chi connectivity index (χ3v) is 3.81. The van der Waals surface area contributed by atoms with Crippen LogP contribution >= 0.6 is 11.6 Å². The number of aliphatic hydroxyl groups excluding tert-OH is 1. The summed E-state index contributed by atoms with van der Waals surface area (Å²) in [6, 6.07) is 0. The highest BCUT2D eigenvalue weighted by atomic mass is 35.5. The molecule has 1 rings (SSSR count). The lowest BCUT2D eigenvalue weighted by molar-refractivity contribution is 0.0812. The summed E-state index contributed by atoms with van der Waals surface area (Å²) in [4.78, 5) is 20.7. The molecule has 0 unspecified atom stereocenters. The van der Waals surface area contributed by atoms with Crippen molar-refractivity contribution in [2.45, 2.75) is 52.0 Å². The standard InChI is InChI=1S/C14H22ClN3O2/c1-5-14(6-2,8-19)18-13(20)11-10(15)7-16-12(17-11)9(3)4/h7,9,19H,5-6,8H2,1-4H3,(H,18,20). The predicted molar refractivity (Wildman–Crippen MR) is 79.0 cm³/mol. The summed E-state index contributed by atoms with van der Waals surface area (Å²) in [6.45, 7) is 7.61. The number of carbonyl (C=O) groups excluding carboxylic acids is 1. The van der Waals surface area contributed by atoms with E-state index in [-0.39, 0.29) is 29.1 Å². The smallest absolute Gasteiger partial charge is 0.272 e. The Kier molecular flexibility index (Phi) is 5.89. The Hall–Kier alpha value is -1.20. The molecule has 0 fully saturated rings. The van der Waals surface area contributed by atoms with Gasteiger partial charge in [-0.1, -0.05) is 39.3 Å². The lowest BCUT2D eigenvalue weighted by Gasteiger charge is -2.30. The number of hydrogen-bond acceptors (Lipinski definition) is 4. The second kappa shape index (κ2) is 6.99. The number of amides is 1. The number of rotatable bonds is 6. The van der Waals surface area contributed by atoms with Gasteiger partial charge < -0.3 is 10.4 Å². The van der Waals surface area contributed by atoms with Crippen molar-refractivity contribution in [1.82, 2.24) is 15.3 Å². The first kappa shape index (κ1) is 16.9. The molecule has 20 heavy (non-hydrogen) atoms. The topological polar surface area (TPSA) is 75.1 Å². The van der Waals surface area contributed by atoms with Crippen LogP contribution in [-0.4, -0.2) is 33.1 Å². The molecule has 0 spiro atoms. The minimum Gasteiger partial charge on any atom is -0.394 e. The lowest BCUT2D eigenvalue weighted by atomic mass is 9.93. The van der Waals surface area contributed by atoms with Crippen LogP contribution in [-0.2, 0) is 0 Å². The van der Waals surface area contributed by atoms with Gasteiger partial charge in [0, 0.05) is 5.92 Å². The van der Waals surface area contributed by atoms with Gasteiger partial charge in [-0.15, -0.1) is 0 Å². The average Bonchev–Trinajstić information content (AvgIpc) is 2.45. The zero-order valence-corrected chi connectivity index (χ0v) is 13.2. The Morgan fingerprint density at radius 1 is 1.45 bits per heavy atom. The van der Waals surface area contributed by atoms with Crippen molar-refractivity contribution in [2.24, 2.45) is 0 Å². The van der Waals surface area contributed by atoms with Crippen LogP contribution in [0.4, 0.5) is 0 Å². The van der Waals surface area contributed by atoms with Crippen LogP contribution in [0.1, 0.15) is 62.8 Å². The molecule has 0 aliphatic rings. The zero-order chi connectivity index (χ0) is 15.3. The summed E-state index contributed by atoms with van der Waals surface area (Å²) in [6.07, 6.45) is 2.70. The number of nitrogens with one attached hydrogen (secondary N) is 1. The van der Waals surface area contributed by atoms with E-state index in [0.29, 0.717) is 18.7 Å². The summed E-state index contributed by atoms with van der Waals surface area (Å²) in [5, 5.41) is 12.6. The second-order valence-electron chi connectivity index (χ2n) is 5.18. The van der Waals surface area contributed by atoms with E-state index in [1.54, 1.807) is 0 Å². The van der Waals surface area contributed by atoms with Crippen LogP contribution in [0.15, 0.2) is 6.20 Å². The number of aliphatic hydroxyl groups is 1. The Bertz CT molecular complexity index is 465. The van der Waals surface area contributed by atoms with E-state index in [0.717, 1.165) is 0 Å². The predicted octanol–water partition coefficient (Wildman–Crippen LogP) is 2.53. The molecule has 112 valence electrons. The average molecular weight is 300 g/mol. The van der Waals surface area contributed by atoms with E-state index >= 15 is 0 Å². The Labute approximate surface area is 124 Å². The number of nitrogens with zero attached hydrogens (tertiary/aromatic N) is 2. The molecule has 0 aliphatic carbocycles. The van der Waals surface area contributed by atoms with Crippen molar-refractivity contribution < 1.29 is 9.90 Å². The van der Waals surface area contributed by atoms with E-state index in [9.17, 15) is 9.90 Å². The molecule has 0 saturated carbocycles. The molecule has 1 aromatic heterocycles. The molecule has 1 amide bonds. The SMILES string of the molecule is CCC(CC)(CO)NC(=O)c1nc(C(C)C)ncc1Cl. The number of hydrogen-bond donors (Lipinski definition) is 2. The van der Waals surface area contributed by atoms with Crippen molar-refractivity contribution in [2.75, 3.05) is 6.61 Å². The Morgan fingerprint density at radius 2 is 2.05 bits per heavy atom. The van der Waals surface area contributed by atoms with Crippen LogP contribution in [0.25, 0.3) is 0 Å². The molecule has 0 aliphatic heterocycles. The monoisotopic (exact) mass is 299 g/mol. The third-order valence-electron chi connectivity index (χ3n) is 3.53. The quantitative estimate of drug-likeness (QED) is 0.846. The fourth-order valence-corrected chi connectivity index (χ4v) is 1.98. The molecule has 5 nitrogen and oxygen atoms in total. The normalized spacial score (nSPS) is 11.8. The summed E-state index contributed by atoms with van der Waals surface area (Å²) >= 11 is 6.01. The van der Waals surface area contributed by atoms with Gasteiger partial charge in [0.2, 0.25) is 0 Å². The van der Waals surface area contributed by atoms with Crippen molar-refractivity contribution in [1.29, 1.82) is 0 Å². The highest BCUT2D eigenvalue weighted by molar-refractivity contribution is 6.33. The van der Waals surface area contributed by atoms with Crippen molar-refractivity contribution in [3.05, 3.63) is 22.7 Å². The van der Waals surface area contributed by atoms with Gasteiger partial charge in [-0.2, -0.15) is 0 Å². The van der Waals surface area contributed by atoms with Crippen molar-refractivity contribution in [3.8, 4) is 0 Å². The van der Waals surface area contributed by atoms with E-state index in [1.165, 1.54) is 6.20 Å². The molecule has 0 atom stereocenters. The van der Waals surface area contributed by atoms with Gasteiger partial charge in [0.25, 0.3) is 5.91 Å². The van der Waals surface area contributed by atoms with Gasteiger partial charge in [-0.25, -0.2) is 9.97 Å². The molecular weight excluding hydrogens is 278 g/mol. The van der Waals surface area contributed by atoms with Crippen LogP contribution in [0, 0.1) is 0 Å². The van der Waals surface area contributed by atoms with E-state index in [4.69, 9.17) is 11.6 Å². The molecule has 1 heterocycles.